The van der Waals surface area contributed by atoms with Crippen molar-refractivity contribution in [2.24, 2.45) is 0 Å². The zero-order valence-corrected chi connectivity index (χ0v) is 16.2. The molecule has 1 aliphatic heterocycles. The summed E-state index contributed by atoms with van der Waals surface area (Å²) >= 11 is 0. The average Bonchev–Trinajstić information content (AvgIpc) is 2.66. The normalized spacial score (nSPS) is 16.3. The highest BCUT2D eigenvalue weighted by molar-refractivity contribution is 5.72. The molecule has 1 heterocycles. The third-order valence-electron chi connectivity index (χ3n) is 4.94. The van der Waals surface area contributed by atoms with Crippen LogP contribution in [-0.2, 0) is 19.0 Å². The Morgan fingerprint density at radius 1 is 1.35 bits per heavy atom. The summed E-state index contributed by atoms with van der Waals surface area (Å²) in [4.78, 5) is 14.1. The molecule has 26 heavy (non-hydrogen) atoms. The van der Waals surface area contributed by atoms with Gasteiger partial charge in [-0.2, -0.15) is 0 Å². The van der Waals surface area contributed by atoms with Crippen molar-refractivity contribution in [2.45, 2.75) is 44.6 Å². The fourth-order valence-electron chi connectivity index (χ4n) is 3.58. The number of ether oxygens (including phenoxy) is 3. The van der Waals surface area contributed by atoms with Crippen LogP contribution in [0, 0.1) is 0 Å². The summed E-state index contributed by atoms with van der Waals surface area (Å²) in [6, 6.07) is 6.57. The number of hydrogen-bond acceptors (Lipinski definition) is 6. The highest BCUT2D eigenvalue weighted by Crippen LogP contribution is 2.32. The lowest BCUT2D eigenvalue weighted by atomic mass is 9.95. The van der Waals surface area contributed by atoms with Crippen LogP contribution in [0.25, 0.3) is 0 Å². The first-order valence-electron chi connectivity index (χ1n) is 9.40. The number of rotatable bonds is 9. The lowest BCUT2D eigenvalue weighted by Gasteiger charge is -2.37. The standard InChI is InChI=1S/C20H32N2O4/c1-4-9-22(17-7-10-26-11-8-17)19-6-5-15(12-18(19)21)16(14-24-2)13-20(23)25-3/h5-6,12,16-17H,4,7-11,13-14,21H2,1-3H3/t16-/m0/s1. The number of methoxy groups -OCH3 is 2. The predicted octanol–water partition coefficient (Wildman–Crippen LogP) is 2.96. The summed E-state index contributed by atoms with van der Waals surface area (Å²) in [5.74, 6) is -0.309. The smallest absolute Gasteiger partial charge is 0.306 e. The molecule has 6 heteroatoms. The maximum absolute atomic E-state index is 11.7. The third-order valence-corrected chi connectivity index (χ3v) is 4.94. The van der Waals surface area contributed by atoms with Gasteiger partial charge in [-0.1, -0.05) is 13.0 Å². The summed E-state index contributed by atoms with van der Waals surface area (Å²) < 4.78 is 15.6. The Balaban J connectivity index is 2.23. The number of nitrogen functional groups attached to an aromatic ring is 1. The second-order valence-electron chi connectivity index (χ2n) is 6.79. The number of nitrogens with zero attached hydrogens (tertiary/aromatic N) is 1. The van der Waals surface area contributed by atoms with Crippen LogP contribution in [-0.4, -0.2) is 52.6 Å². The molecule has 146 valence electrons. The Morgan fingerprint density at radius 3 is 2.65 bits per heavy atom. The van der Waals surface area contributed by atoms with Crippen molar-refractivity contribution >= 4 is 17.3 Å². The van der Waals surface area contributed by atoms with E-state index in [4.69, 9.17) is 19.9 Å². The predicted molar refractivity (Wildman–Crippen MR) is 104 cm³/mol. The Morgan fingerprint density at radius 2 is 2.08 bits per heavy atom. The van der Waals surface area contributed by atoms with Gasteiger partial charge in [-0.15, -0.1) is 0 Å². The molecule has 1 aromatic carbocycles. The molecule has 0 bridgehead atoms. The van der Waals surface area contributed by atoms with Crippen LogP contribution in [0.15, 0.2) is 18.2 Å². The summed E-state index contributed by atoms with van der Waals surface area (Å²) in [6.07, 6.45) is 3.39. The molecule has 1 saturated heterocycles. The van der Waals surface area contributed by atoms with E-state index in [1.807, 2.05) is 6.07 Å². The molecule has 1 aromatic rings. The minimum absolute atomic E-state index is 0.0634. The zero-order valence-electron chi connectivity index (χ0n) is 16.2. The van der Waals surface area contributed by atoms with Crippen molar-refractivity contribution in [3.05, 3.63) is 23.8 Å². The molecule has 0 radical (unpaired) electrons. The molecule has 0 unspecified atom stereocenters. The minimum atomic E-state index is -0.246. The summed E-state index contributed by atoms with van der Waals surface area (Å²) in [5.41, 5.74) is 9.24. The number of anilines is 2. The van der Waals surface area contributed by atoms with Crippen LogP contribution in [0.5, 0.6) is 0 Å². The Bertz CT molecular complexity index is 573. The topological polar surface area (TPSA) is 74.0 Å². The fourth-order valence-corrected chi connectivity index (χ4v) is 3.58. The number of carbonyl (C=O) groups is 1. The maximum Gasteiger partial charge on any atom is 0.306 e. The molecule has 1 aliphatic rings. The van der Waals surface area contributed by atoms with Crippen LogP contribution >= 0.6 is 0 Å². The van der Waals surface area contributed by atoms with Gasteiger partial charge < -0.3 is 24.8 Å². The van der Waals surface area contributed by atoms with Crippen LogP contribution < -0.4 is 10.6 Å². The van der Waals surface area contributed by atoms with Crippen molar-refractivity contribution < 1.29 is 19.0 Å². The maximum atomic E-state index is 11.7. The third kappa shape index (κ3) is 5.35. The number of benzene rings is 1. The van der Waals surface area contributed by atoms with Crippen LogP contribution in [0.4, 0.5) is 11.4 Å². The molecule has 0 saturated carbocycles. The van der Waals surface area contributed by atoms with Crippen LogP contribution in [0.3, 0.4) is 0 Å². The first-order chi connectivity index (χ1) is 12.6. The Hall–Kier alpha value is -1.79. The molecule has 0 amide bonds. The molecular formula is C20H32N2O4. The van der Waals surface area contributed by atoms with Gasteiger partial charge in [0.2, 0.25) is 0 Å². The van der Waals surface area contributed by atoms with Gasteiger partial charge in [-0.25, -0.2) is 0 Å². The number of nitrogens with two attached hydrogens (primary N) is 1. The van der Waals surface area contributed by atoms with Crippen molar-refractivity contribution in [2.75, 3.05) is 51.2 Å². The van der Waals surface area contributed by atoms with E-state index in [1.54, 1.807) is 7.11 Å². The lowest BCUT2D eigenvalue weighted by Crippen LogP contribution is -2.40. The molecule has 0 spiro atoms. The van der Waals surface area contributed by atoms with E-state index in [-0.39, 0.29) is 18.3 Å². The highest BCUT2D eigenvalue weighted by Gasteiger charge is 2.24. The van der Waals surface area contributed by atoms with Crippen molar-refractivity contribution in [3.8, 4) is 0 Å². The van der Waals surface area contributed by atoms with Crippen molar-refractivity contribution in [3.63, 3.8) is 0 Å². The van der Waals surface area contributed by atoms with Gasteiger partial charge >= 0.3 is 5.97 Å². The highest BCUT2D eigenvalue weighted by atomic mass is 16.5. The van der Waals surface area contributed by atoms with E-state index in [9.17, 15) is 4.79 Å². The van der Waals surface area contributed by atoms with E-state index < -0.39 is 0 Å². The van der Waals surface area contributed by atoms with Crippen molar-refractivity contribution in [1.29, 1.82) is 0 Å². The molecule has 1 atom stereocenters. The van der Waals surface area contributed by atoms with Gasteiger partial charge in [0.05, 0.1) is 31.5 Å². The lowest BCUT2D eigenvalue weighted by molar-refractivity contribution is -0.141. The first kappa shape index (κ1) is 20.5. The molecular weight excluding hydrogens is 332 g/mol. The van der Waals surface area contributed by atoms with Gasteiger partial charge in [-0.3, -0.25) is 4.79 Å². The molecule has 2 N–H and O–H groups in total. The summed E-state index contributed by atoms with van der Waals surface area (Å²) in [6.45, 7) is 5.21. The minimum Gasteiger partial charge on any atom is -0.469 e. The van der Waals surface area contributed by atoms with Gasteiger partial charge in [0.25, 0.3) is 0 Å². The van der Waals surface area contributed by atoms with Crippen LogP contribution in [0.1, 0.15) is 44.1 Å². The van der Waals surface area contributed by atoms with Gasteiger partial charge in [0.1, 0.15) is 0 Å². The average molecular weight is 364 g/mol. The fraction of sp³-hybridized carbons (Fsp3) is 0.650. The Kier molecular flexibility index (Phi) is 8.19. The molecule has 0 aromatic heterocycles. The Labute approximate surface area is 156 Å². The SMILES string of the molecule is CCCN(c1ccc([C@H](COC)CC(=O)OC)cc1N)C1CCOCC1. The van der Waals surface area contributed by atoms with Gasteiger partial charge in [0.15, 0.2) is 0 Å². The van der Waals surface area contributed by atoms with Gasteiger partial charge in [-0.05, 0) is 37.0 Å². The van der Waals surface area contributed by atoms with E-state index >= 15 is 0 Å². The number of carbonyl (C=O) groups excluding carboxylic acids is 1. The molecule has 2 rings (SSSR count). The number of esters is 1. The summed E-state index contributed by atoms with van der Waals surface area (Å²) in [5, 5.41) is 0. The first-order valence-corrected chi connectivity index (χ1v) is 9.40. The van der Waals surface area contributed by atoms with E-state index in [0.29, 0.717) is 12.6 Å². The van der Waals surface area contributed by atoms with Gasteiger partial charge in [0, 0.05) is 38.8 Å². The van der Waals surface area contributed by atoms with Crippen LogP contribution in [0.2, 0.25) is 0 Å². The second-order valence-corrected chi connectivity index (χ2v) is 6.79. The number of hydrogen-bond donors (Lipinski definition) is 1. The van der Waals surface area contributed by atoms with E-state index in [1.165, 1.54) is 7.11 Å². The quantitative estimate of drug-likeness (QED) is 0.536. The van der Waals surface area contributed by atoms with E-state index in [2.05, 4.69) is 24.0 Å². The molecule has 6 nitrogen and oxygen atoms in total. The molecule has 0 aliphatic carbocycles. The largest absolute Gasteiger partial charge is 0.469 e. The van der Waals surface area contributed by atoms with Crippen molar-refractivity contribution in [1.82, 2.24) is 0 Å². The summed E-state index contributed by atoms with van der Waals surface area (Å²) in [7, 11) is 3.04. The second kappa shape index (κ2) is 10.4. The molecule has 1 fully saturated rings. The zero-order chi connectivity index (χ0) is 18.9. The monoisotopic (exact) mass is 364 g/mol. The van der Waals surface area contributed by atoms with E-state index in [0.717, 1.165) is 56.0 Å².